The van der Waals surface area contributed by atoms with Crippen LogP contribution in [0.2, 0.25) is 0 Å². The van der Waals surface area contributed by atoms with E-state index in [-0.39, 0.29) is 12.8 Å². The Morgan fingerprint density at radius 2 is 1.05 bits per heavy atom. The lowest BCUT2D eigenvalue weighted by molar-refractivity contribution is -0.154. The highest BCUT2D eigenvalue weighted by Gasteiger charge is 2.39. The lowest BCUT2D eigenvalue weighted by Gasteiger charge is -2.28. The molecule has 4 N–H and O–H groups in total. The zero-order valence-corrected chi connectivity index (χ0v) is 11.1. The summed E-state index contributed by atoms with van der Waals surface area (Å²) in [6.07, 6.45) is -0.302. The molecule has 0 amide bonds. The van der Waals surface area contributed by atoms with Gasteiger partial charge in [-0.05, 0) is 36.1 Å². The molecule has 116 valence electrons. The summed E-state index contributed by atoms with van der Waals surface area (Å²) in [4.78, 5) is 44.7. The maximum Gasteiger partial charge on any atom is 0.336 e. The summed E-state index contributed by atoms with van der Waals surface area (Å²) in [5, 5.41) is 36.4. The van der Waals surface area contributed by atoms with E-state index in [0.29, 0.717) is 11.1 Å². The Morgan fingerprint density at radius 1 is 0.727 bits per heavy atom. The first-order chi connectivity index (χ1) is 10.2. The molecular weight excluding hydrogens is 296 g/mol. The molecule has 0 radical (unpaired) electrons. The number of aromatic carboxylic acids is 2. The van der Waals surface area contributed by atoms with Crippen molar-refractivity contribution in [1.82, 2.24) is 0 Å². The third-order valence-electron chi connectivity index (χ3n) is 3.80. The predicted molar refractivity (Wildman–Crippen MR) is 70.0 cm³/mol. The van der Waals surface area contributed by atoms with Crippen molar-refractivity contribution in [2.45, 2.75) is 12.8 Å². The summed E-state index contributed by atoms with van der Waals surface area (Å²) in [5.74, 6) is -7.79. The van der Waals surface area contributed by atoms with Gasteiger partial charge in [-0.1, -0.05) is 0 Å². The molecule has 2 unspecified atom stereocenters. The number of carboxylic acids is 4. The van der Waals surface area contributed by atoms with Gasteiger partial charge in [-0.2, -0.15) is 0 Å². The Labute approximate surface area is 123 Å². The van der Waals surface area contributed by atoms with E-state index < -0.39 is 46.8 Å². The molecule has 1 aromatic rings. The van der Waals surface area contributed by atoms with Gasteiger partial charge in [0.2, 0.25) is 0 Å². The van der Waals surface area contributed by atoms with Gasteiger partial charge >= 0.3 is 23.9 Å². The second-order valence-electron chi connectivity index (χ2n) is 5.07. The Morgan fingerprint density at radius 3 is 1.27 bits per heavy atom. The summed E-state index contributed by atoms with van der Waals surface area (Å²) < 4.78 is 0. The molecule has 0 bridgehead atoms. The molecule has 1 aliphatic rings. The van der Waals surface area contributed by atoms with Gasteiger partial charge in [0, 0.05) is 0 Å². The number of benzene rings is 1. The molecule has 0 fully saturated rings. The highest BCUT2D eigenvalue weighted by Crippen LogP contribution is 2.33. The van der Waals surface area contributed by atoms with Crippen LogP contribution in [0.15, 0.2) is 12.1 Å². The minimum absolute atomic E-state index is 0.151. The van der Waals surface area contributed by atoms with Crippen LogP contribution in [0.3, 0.4) is 0 Å². The van der Waals surface area contributed by atoms with E-state index in [2.05, 4.69) is 0 Å². The maximum atomic E-state index is 11.2. The average molecular weight is 308 g/mol. The molecular formula is C14H12O8. The zero-order valence-electron chi connectivity index (χ0n) is 11.1. The van der Waals surface area contributed by atoms with E-state index in [1.165, 1.54) is 0 Å². The van der Waals surface area contributed by atoms with Crippen LogP contribution < -0.4 is 0 Å². The Hall–Kier alpha value is -2.90. The van der Waals surface area contributed by atoms with Crippen molar-refractivity contribution < 1.29 is 39.6 Å². The second-order valence-corrected chi connectivity index (χ2v) is 5.07. The van der Waals surface area contributed by atoms with Crippen LogP contribution in [-0.4, -0.2) is 44.3 Å². The zero-order chi connectivity index (χ0) is 16.6. The van der Waals surface area contributed by atoms with Gasteiger partial charge < -0.3 is 20.4 Å². The van der Waals surface area contributed by atoms with E-state index in [1.807, 2.05) is 0 Å². The van der Waals surface area contributed by atoms with Crippen molar-refractivity contribution >= 4 is 23.9 Å². The van der Waals surface area contributed by atoms with Gasteiger partial charge in [0.1, 0.15) is 0 Å². The van der Waals surface area contributed by atoms with Gasteiger partial charge in [-0.25, -0.2) is 9.59 Å². The fourth-order valence-corrected chi connectivity index (χ4v) is 2.70. The molecule has 0 aromatic heterocycles. The highest BCUT2D eigenvalue weighted by molar-refractivity contribution is 6.02. The quantitative estimate of drug-likeness (QED) is 0.631. The lowest BCUT2D eigenvalue weighted by Crippen LogP contribution is -2.36. The van der Waals surface area contributed by atoms with E-state index >= 15 is 0 Å². The average Bonchev–Trinajstić information content (AvgIpc) is 2.43. The molecule has 0 aliphatic heterocycles. The van der Waals surface area contributed by atoms with Crippen molar-refractivity contribution in [3.63, 3.8) is 0 Å². The molecule has 0 heterocycles. The largest absolute Gasteiger partial charge is 0.481 e. The number of hydrogen-bond donors (Lipinski definition) is 4. The van der Waals surface area contributed by atoms with E-state index in [1.54, 1.807) is 0 Å². The number of aliphatic carboxylic acids is 2. The summed E-state index contributed by atoms with van der Waals surface area (Å²) in [5.41, 5.74) is -0.173. The molecule has 0 saturated carbocycles. The third kappa shape index (κ3) is 2.62. The number of carbonyl (C=O) groups is 4. The van der Waals surface area contributed by atoms with Crippen molar-refractivity contribution in [3.05, 3.63) is 34.4 Å². The smallest absolute Gasteiger partial charge is 0.336 e. The van der Waals surface area contributed by atoms with Crippen LogP contribution in [0.1, 0.15) is 31.8 Å². The first-order valence-corrected chi connectivity index (χ1v) is 6.30. The van der Waals surface area contributed by atoms with Gasteiger partial charge in [-0.15, -0.1) is 0 Å². The van der Waals surface area contributed by atoms with Gasteiger partial charge in [-0.3, -0.25) is 9.59 Å². The standard InChI is InChI=1S/C14H12O8/c15-11(16)7-1-5-2-9(13(19)20)10(14(21)22)4-6(5)3-8(7)12(17)18/h1,3,9-10H,2,4H2,(H,15,16)(H,17,18)(H,19,20)(H,21,22). The normalized spacial score (nSPS) is 20.0. The SMILES string of the molecule is O=C(O)c1cc2c(cc1C(=O)O)CC(C(=O)O)C(C(=O)O)C2. The van der Waals surface area contributed by atoms with Crippen molar-refractivity contribution in [1.29, 1.82) is 0 Å². The first kappa shape index (κ1) is 15.5. The minimum Gasteiger partial charge on any atom is -0.481 e. The minimum atomic E-state index is -1.44. The van der Waals surface area contributed by atoms with Crippen LogP contribution in [0.4, 0.5) is 0 Å². The Bertz CT molecular complexity index is 631. The molecule has 1 aliphatic carbocycles. The number of carboxylic acid groups (broad SMARTS) is 4. The van der Waals surface area contributed by atoms with Gasteiger partial charge in [0.05, 0.1) is 23.0 Å². The number of hydrogen-bond acceptors (Lipinski definition) is 4. The molecule has 22 heavy (non-hydrogen) atoms. The molecule has 0 saturated heterocycles. The fourth-order valence-electron chi connectivity index (χ4n) is 2.70. The summed E-state index contributed by atoms with van der Waals surface area (Å²) in [6.45, 7) is 0. The van der Waals surface area contributed by atoms with Crippen LogP contribution >= 0.6 is 0 Å². The molecule has 8 heteroatoms. The molecule has 8 nitrogen and oxygen atoms in total. The second kappa shape index (κ2) is 5.47. The van der Waals surface area contributed by atoms with Crippen molar-refractivity contribution in [3.8, 4) is 0 Å². The first-order valence-electron chi connectivity index (χ1n) is 6.30. The summed E-state index contributed by atoms with van der Waals surface area (Å²) in [7, 11) is 0. The van der Waals surface area contributed by atoms with Crippen LogP contribution in [-0.2, 0) is 22.4 Å². The monoisotopic (exact) mass is 308 g/mol. The highest BCUT2D eigenvalue weighted by atomic mass is 16.4. The third-order valence-corrected chi connectivity index (χ3v) is 3.80. The predicted octanol–water partition coefficient (Wildman–Crippen LogP) is 0.583. The maximum absolute atomic E-state index is 11.2. The fraction of sp³-hybridized carbons (Fsp3) is 0.286. The molecule has 1 aromatic carbocycles. The van der Waals surface area contributed by atoms with E-state index in [4.69, 9.17) is 20.4 Å². The summed E-state index contributed by atoms with van der Waals surface area (Å²) in [6, 6.07) is 2.24. The van der Waals surface area contributed by atoms with E-state index in [9.17, 15) is 19.2 Å². The van der Waals surface area contributed by atoms with Gasteiger partial charge in [0.15, 0.2) is 0 Å². The number of rotatable bonds is 4. The van der Waals surface area contributed by atoms with Crippen LogP contribution in [0, 0.1) is 11.8 Å². The van der Waals surface area contributed by atoms with E-state index in [0.717, 1.165) is 12.1 Å². The Kier molecular flexibility index (Phi) is 3.85. The summed E-state index contributed by atoms with van der Waals surface area (Å²) >= 11 is 0. The van der Waals surface area contributed by atoms with Crippen molar-refractivity contribution in [2.24, 2.45) is 11.8 Å². The van der Waals surface area contributed by atoms with Crippen molar-refractivity contribution in [2.75, 3.05) is 0 Å². The molecule has 0 spiro atoms. The Balaban J connectivity index is 2.57. The number of fused-ring (bicyclic) bond motifs is 1. The lowest BCUT2D eigenvalue weighted by atomic mass is 9.75. The van der Waals surface area contributed by atoms with Crippen LogP contribution in [0.25, 0.3) is 0 Å². The molecule has 2 atom stereocenters. The molecule has 2 rings (SSSR count). The topological polar surface area (TPSA) is 149 Å². The van der Waals surface area contributed by atoms with Gasteiger partial charge in [0.25, 0.3) is 0 Å². The van der Waals surface area contributed by atoms with Crippen LogP contribution in [0.5, 0.6) is 0 Å².